The highest BCUT2D eigenvalue weighted by atomic mass is 35.5. The number of fused-ring (bicyclic) bond motifs is 1. The maximum atomic E-state index is 13.7. The number of carbonyl (C=O) groups is 2. The van der Waals surface area contributed by atoms with Gasteiger partial charge >= 0.3 is 0 Å². The van der Waals surface area contributed by atoms with E-state index in [2.05, 4.69) is 5.32 Å². The Balaban J connectivity index is 1.76. The molecule has 0 spiro atoms. The number of anilines is 1. The standard InChI is InChI=1S/C24H16ClFN2O3/c1-28-13-19(23(30)18-12-16(26)8-10-21(18)28)24(31)27-20-9-7-15(25)11-17(20)22(29)14-5-3-2-4-6-14/h2-13H,1H3,(H,27,31). The Labute approximate surface area is 181 Å². The van der Waals surface area contributed by atoms with Gasteiger partial charge in [-0.25, -0.2) is 4.39 Å². The number of ketones is 1. The normalized spacial score (nSPS) is 10.8. The number of nitrogens with zero attached hydrogens (tertiary/aromatic N) is 1. The molecule has 4 aromatic rings. The Hall–Kier alpha value is -3.77. The van der Waals surface area contributed by atoms with Crippen LogP contribution in [0.1, 0.15) is 26.3 Å². The monoisotopic (exact) mass is 434 g/mol. The highest BCUT2D eigenvalue weighted by molar-refractivity contribution is 6.31. The van der Waals surface area contributed by atoms with E-state index in [9.17, 15) is 18.8 Å². The molecule has 0 bridgehead atoms. The molecule has 1 aromatic heterocycles. The van der Waals surface area contributed by atoms with E-state index in [1.54, 1.807) is 41.9 Å². The average molecular weight is 435 g/mol. The van der Waals surface area contributed by atoms with Gasteiger partial charge in [-0.1, -0.05) is 41.9 Å². The molecule has 4 rings (SSSR count). The molecule has 0 aliphatic carbocycles. The first-order valence-electron chi connectivity index (χ1n) is 9.34. The maximum absolute atomic E-state index is 13.7. The van der Waals surface area contributed by atoms with Crippen molar-refractivity contribution >= 4 is 39.9 Å². The zero-order chi connectivity index (χ0) is 22.1. The largest absolute Gasteiger partial charge is 0.350 e. The second-order valence-electron chi connectivity index (χ2n) is 6.98. The molecule has 1 N–H and O–H groups in total. The van der Waals surface area contributed by atoms with Gasteiger partial charge in [-0.15, -0.1) is 0 Å². The predicted octanol–water partition coefficient (Wildman–Crippen LogP) is 4.81. The number of aryl methyl sites for hydroxylation is 1. The minimum absolute atomic E-state index is 0.0897. The first-order valence-corrected chi connectivity index (χ1v) is 9.72. The smallest absolute Gasteiger partial charge is 0.261 e. The van der Waals surface area contributed by atoms with Crippen molar-refractivity contribution < 1.29 is 14.0 Å². The third-order valence-corrected chi connectivity index (χ3v) is 5.14. The summed E-state index contributed by atoms with van der Waals surface area (Å²) in [6.45, 7) is 0. The van der Waals surface area contributed by atoms with E-state index >= 15 is 0 Å². The molecule has 1 heterocycles. The fraction of sp³-hybridized carbons (Fsp3) is 0.0417. The summed E-state index contributed by atoms with van der Waals surface area (Å²) in [6, 6.07) is 16.9. The lowest BCUT2D eigenvalue weighted by molar-refractivity contribution is 0.102. The van der Waals surface area contributed by atoms with E-state index in [4.69, 9.17) is 11.6 Å². The lowest BCUT2D eigenvalue weighted by Gasteiger charge is -2.13. The molecule has 0 radical (unpaired) electrons. The van der Waals surface area contributed by atoms with Crippen molar-refractivity contribution in [3.63, 3.8) is 0 Å². The lowest BCUT2D eigenvalue weighted by atomic mass is 10.0. The van der Waals surface area contributed by atoms with E-state index in [1.165, 1.54) is 36.5 Å². The quantitative estimate of drug-likeness (QED) is 0.468. The number of rotatable bonds is 4. The van der Waals surface area contributed by atoms with E-state index in [0.29, 0.717) is 16.1 Å². The zero-order valence-corrected chi connectivity index (χ0v) is 17.1. The molecule has 5 nitrogen and oxygen atoms in total. The highest BCUT2D eigenvalue weighted by Gasteiger charge is 2.19. The van der Waals surface area contributed by atoms with Gasteiger partial charge in [0.05, 0.1) is 11.2 Å². The number of nitrogens with one attached hydrogen (secondary N) is 1. The van der Waals surface area contributed by atoms with Gasteiger partial charge in [-0.05, 0) is 36.4 Å². The van der Waals surface area contributed by atoms with Crippen LogP contribution in [0, 0.1) is 5.82 Å². The van der Waals surface area contributed by atoms with Crippen molar-refractivity contribution in [3.05, 3.63) is 111 Å². The van der Waals surface area contributed by atoms with Crippen LogP contribution < -0.4 is 10.7 Å². The van der Waals surface area contributed by atoms with Crippen LogP contribution in [0.15, 0.2) is 77.7 Å². The van der Waals surface area contributed by atoms with Gasteiger partial charge in [0.1, 0.15) is 11.4 Å². The summed E-state index contributed by atoms with van der Waals surface area (Å²) in [5.74, 6) is -1.61. The van der Waals surface area contributed by atoms with Crippen LogP contribution in [-0.4, -0.2) is 16.3 Å². The van der Waals surface area contributed by atoms with Gasteiger partial charge in [0, 0.05) is 34.8 Å². The van der Waals surface area contributed by atoms with Gasteiger partial charge in [-0.3, -0.25) is 14.4 Å². The number of hydrogen-bond donors (Lipinski definition) is 1. The van der Waals surface area contributed by atoms with E-state index in [0.717, 1.165) is 6.07 Å². The molecule has 0 unspecified atom stereocenters. The van der Waals surface area contributed by atoms with E-state index < -0.39 is 17.2 Å². The van der Waals surface area contributed by atoms with Crippen molar-refractivity contribution in [2.45, 2.75) is 0 Å². The van der Waals surface area contributed by atoms with Crippen molar-refractivity contribution in [2.75, 3.05) is 5.32 Å². The van der Waals surface area contributed by atoms with Crippen LogP contribution in [0.4, 0.5) is 10.1 Å². The van der Waals surface area contributed by atoms with Crippen LogP contribution >= 0.6 is 11.6 Å². The second-order valence-corrected chi connectivity index (χ2v) is 7.42. The SMILES string of the molecule is Cn1cc(C(=O)Nc2ccc(Cl)cc2C(=O)c2ccccc2)c(=O)c2cc(F)ccc21. The van der Waals surface area contributed by atoms with Crippen molar-refractivity contribution in [2.24, 2.45) is 7.05 Å². The minimum atomic E-state index is -0.712. The first-order chi connectivity index (χ1) is 14.8. The Kier molecular flexibility index (Phi) is 5.40. The molecule has 3 aromatic carbocycles. The average Bonchev–Trinajstić information content (AvgIpc) is 2.77. The molecule has 0 fully saturated rings. The molecule has 7 heteroatoms. The van der Waals surface area contributed by atoms with Crippen LogP contribution in [0.5, 0.6) is 0 Å². The number of hydrogen-bond acceptors (Lipinski definition) is 3. The zero-order valence-electron chi connectivity index (χ0n) is 16.4. The Morgan fingerprint density at radius 2 is 1.71 bits per heavy atom. The van der Waals surface area contributed by atoms with Gasteiger partial charge < -0.3 is 9.88 Å². The molecule has 0 saturated heterocycles. The second kappa shape index (κ2) is 8.16. The van der Waals surface area contributed by atoms with Crippen molar-refractivity contribution in [1.29, 1.82) is 0 Å². The van der Waals surface area contributed by atoms with Crippen LogP contribution in [-0.2, 0) is 7.05 Å². The molecular weight excluding hydrogens is 419 g/mol. The Bertz CT molecular complexity index is 1400. The van der Waals surface area contributed by atoms with Crippen LogP contribution in [0.3, 0.4) is 0 Å². The molecule has 0 aliphatic rings. The number of pyridine rings is 1. The summed E-state index contributed by atoms with van der Waals surface area (Å²) in [4.78, 5) is 38.7. The molecule has 1 amide bonds. The summed E-state index contributed by atoms with van der Waals surface area (Å²) in [7, 11) is 1.66. The fourth-order valence-corrected chi connectivity index (χ4v) is 3.55. The van der Waals surface area contributed by atoms with Crippen molar-refractivity contribution in [1.82, 2.24) is 4.57 Å². The highest BCUT2D eigenvalue weighted by Crippen LogP contribution is 2.24. The maximum Gasteiger partial charge on any atom is 0.261 e. The third kappa shape index (κ3) is 3.98. The summed E-state index contributed by atoms with van der Waals surface area (Å²) in [5, 5.41) is 3.04. The molecular formula is C24H16ClFN2O3. The lowest BCUT2D eigenvalue weighted by Crippen LogP contribution is -2.24. The number of amides is 1. The summed E-state index contributed by atoms with van der Waals surface area (Å²) >= 11 is 6.07. The fourth-order valence-electron chi connectivity index (χ4n) is 3.37. The molecule has 0 atom stereocenters. The van der Waals surface area contributed by atoms with Crippen LogP contribution in [0.2, 0.25) is 5.02 Å². The summed E-state index contributed by atoms with van der Waals surface area (Å²) < 4.78 is 15.2. The van der Waals surface area contributed by atoms with Gasteiger partial charge in [0.25, 0.3) is 5.91 Å². The van der Waals surface area contributed by atoms with Crippen LogP contribution in [0.25, 0.3) is 10.9 Å². The number of carbonyl (C=O) groups excluding carboxylic acids is 2. The number of halogens is 2. The van der Waals surface area contributed by atoms with E-state index in [-0.39, 0.29) is 28.0 Å². The van der Waals surface area contributed by atoms with Crippen molar-refractivity contribution in [3.8, 4) is 0 Å². The molecule has 31 heavy (non-hydrogen) atoms. The predicted molar refractivity (Wildman–Crippen MR) is 118 cm³/mol. The minimum Gasteiger partial charge on any atom is -0.350 e. The van der Waals surface area contributed by atoms with Gasteiger partial charge in [0.15, 0.2) is 5.78 Å². The van der Waals surface area contributed by atoms with Gasteiger partial charge in [0.2, 0.25) is 5.43 Å². The third-order valence-electron chi connectivity index (χ3n) is 4.91. The molecule has 0 saturated carbocycles. The summed E-state index contributed by atoms with van der Waals surface area (Å²) in [5.41, 5.74) is 0.552. The topological polar surface area (TPSA) is 68.2 Å². The first kappa shape index (κ1) is 20.5. The number of aromatic nitrogens is 1. The number of benzene rings is 3. The molecule has 0 aliphatic heterocycles. The van der Waals surface area contributed by atoms with E-state index in [1.807, 2.05) is 0 Å². The Morgan fingerprint density at radius 3 is 2.45 bits per heavy atom. The molecule has 154 valence electrons. The van der Waals surface area contributed by atoms with Gasteiger partial charge in [-0.2, -0.15) is 0 Å². The summed E-state index contributed by atoms with van der Waals surface area (Å²) in [6.07, 6.45) is 1.38. The Morgan fingerprint density at radius 1 is 0.968 bits per heavy atom.